The Kier molecular flexibility index (Phi) is 8.42. The first-order valence-electron chi connectivity index (χ1n) is 10.00. The minimum atomic E-state index is -1.15. The van der Waals surface area contributed by atoms with E-state index in [4.69, 9.17) is 13.9 Å². The van der Waals surface area contributed by atoms with E-state index >= 15 is 0 Å². The van der Waals surface area contributed by atoms with Crippen LogP contribution in [-0.2, 0) is 18.6 Å². The summed E-state index contributed by atoms with van der Waals surface area (Å²) in [6.45, 7) is 9.01. The zero-order valence-corrected chi connectivity index (χ0v) is 20.6. The maximum atomic E-state index is 10.7. The van der Waals surface area contributed by atoms with Gasteiger partial charge in [0.1, 0.15) is 34.7 Å². The fraction of sp³-hybridized carbons (Fsp3) is 0.500. The minimum Gasteiger partial charge on any atom is -0.496 e. The lowest BCUT2D eigenvalue weighted by Gasteiger charge is -2.23. The van der Waals surface area contributed by atoms with Crippen LogP contribution in [0.25, 0.3) is 0 Å². The molecule has 1 aromatic heterocycles. The zero-order chi connectivity index (χ0) is 21.0. The predicted molar refractivity (Wildman–Crippen MR) is 128 cm³/mol. The number of furan rings is 1. The molecule has 166 valence electrons. The average molecular weight is 529 g/mol. The number of nitrogens with one attached hydrogen (secondary N) is 2. The van der Waals surface area contributed by atoms with Crippen molar-refractivity contribution in [2.75, 3.05) is 20.2 Å². The molecule has 1 aliphatic heterocycles. The fourth-order valence-corrected chi connectivity index (χ4v) is 3.37. The Balaban J connectivity index is 0.00000320. The summed E-state index contributed by atoms with van der Waals surface area (Å²) in [5.74, 6) is 3.59. The molecule has 0 saturated carbocycles. The molecule has 0 radical (unpaired) electrons. The van der Waals surface area contributed by atoms with E-state index in [2.05, 4.69) is 22.5 Å². The molecule has 0 amide bonds. The molecule has 30 heavy (non-hydrogen) atoms. The number of rotatable bonds is 7. The third-order valence-electron chi connectivity index (χ3n) is 4.92. The number of aliphatic imine (C=N–C) groups is 1. The summed E-state index contributed by atoms with van der Waals surface area (Å²) in [5, 5.41) is 17.1. The van der Waals surface area contributed by atoms with Crippen molar-refractivity contribution < 1.29 is 19.0 Å². The monoisotopic (exact) mass is 529 g/mol. The van der Waals surface area contributed by atoms with Crippen molar-refractivity contribution in [1.29, 1.82) is 0 Å². The number of nitrogens with zero attached hydrogens (tertiary/aromatic N) is 1. The number of ether oxygens (including phenoxy) is 2. The number of hydrogen-bond donors (Lipinski definition) is 3. The van der Waals surface area contributed by atoms with Crippen LogP contribution in [0.2, 0.25) is 0 Å². The van der Waals surface area contributed by atoms with E-state index in [9.17, 15) is 5.11 Å². The van der Waals surface area contributed by atoms with Crippen LogP contribution in [0.3, 0.4) is 0 Å². The van der Waals surface area contributed by atoms with Crippen molar-refractivity contribution in [3.8, 4) is 11.5 Å². The van der Waals surface area contributed by atoms with E-state index in [0.717, 1.165) is 34.8 Å². The van der Waals surface area contributed by atoms with Gasteiger partial charge in [0.2, 0.25) is 0 Å². The fourth-order valence-electron chi connectivity index (χ4n) is 3.37. The quantitative estimate of drug-likeness (QED) is 0.289. The van der Waals surface area contributed by atoms with Gasteiger partial charge in [0.25, 0.3) is 0 Å². The summed E-state index contributed by atoms with van der Waals surface area (Å²) >= 11 is 0. The minimum absolute atomic E-state index is 0. The summed E-state index contributed by atoms with van der Waals surface area (Å²) in [7, 11) is 1.67. The van der Waals surface area contributed by atoms with Crippen LogP contribution in [0.4, 0.5) is 0 Å². The molecule has 3 rings (SSSR count). The number of hydrogen-bond acceptors (Lipinski definition) is 5. The van der Waals surface area contributed by atoms with Crippen LogP contribution in [0.15, 0.2) is 33.7 Å². The molecule has 2 aromatic rings. The lowest BCUT2D eigenvalue weighted by atomic mass is 10.0. The second kappa shape index (κ2) is 10.4. The van der Waals surface area contributed by atoms with Gasteiger partial charge < -0.3 is 29.6 Å². The molecule has 0 fully saturated rings. The molecule has 0 bridgehead atoms. The molecule has 0 aliphatic carbocycles. The third kappa shape index (κ3) is 5.81. The summed E-state index contributed by atoms with van der Waals surface area (Å²) in [6, 6.07) is 7.67. The van der Waals surface area contributed by atoms with E-state index in [-0.39, 0.29) is 36.6 Å². The summed E-state index contributed by atoms with van der Waals surface area (Å²) in [6.07, 6.45) is 1.07. The van der Waals surface area contributed by atoms with E-state index < -0.39 is 5.60 Å². The Morgan fingerprint density at radius 3 is 2.73 bits per heavy atom. The van der Waals surface area contributed by atoms with Crippen LogP contribution in [0.1, 0.15) is 43.4 Å². The molecule has 1 aromatic carbocycles. The summed E-state index contributed by atoms with van der Waals surface area (Å²) < 4.78 is 17.0. The molecular weight excluding hydrogens is 497 g/mol. The molecule has 3 N–H and O–H groups in total. The van der Waals surface area contributed by atoms with Gasteiger partial charge in [0.15, 0.2) is 5.96 Å². The van der Waals surface area contributed by atoms with Gasteiger partial charge in [-0.05, 0) is 52.0 Å². The summed E-state index contributed by atoms with van der Waals surface area (Å²) in [5.41, 5.74) is 0.961. The number of halogens is 1. The normalized spacial score (nSPS) is 17.4. The number of fused-ring (bicyclic) bond motifs is 1. The standard InChI is InChI=1S/C22H31N3O4.HI/c1-6-23-21(25-13-22(4,26)20-8-7-14(2)29-20)24-12-17-11-19-16(9-15(3)28-19)10-18(17)27-5;/h7-8,10-11,15,26H,6,9,12-13H2,1-5H3,(H2,23,24,25);1H. The van der Waals surface area contributed by atoms with Gasteiger partial charge in [0.05, 0.1) is 20.2 Å². The number of guanidine groups is 1. The van der Waals surface area contributed by atoms with Gasteiger partial charge in [-0.2, -0.15) is 0 Å². The molecular formula is C22H32IN3O4. The predicted octanol–water partition coefficient (Wildman–Crippen LogP) is 3.50. The van der Waals surface area contributed by atoms with Crippen molar-refractivity contribution in [2.45, 2.75) is 52.4 Å². The third-order valence-corrected chi connectivity index (χ3v) is 4.92. The maximum Gasteiger partial charge on any atom is 0.191 e. The Morgan fingerprint density at radius 1 is 1.33 bits per heavy atom. The number of methoxy groups -OCH3 is 1. The largest absolute Gasteiger partial charge is 0.496 e. The van der Waals surface area contributed by atoms with Gasteiger partial charge in [-0.15, -0.1) is 24.0 Å². The molecule has 0 spiro atoms. The zero-order valence-electron chi connectivity index (χ0n) is 18.2. The van der Waals surface area contributed by atoms with Gasteiger partial charge in [0, 0.05) is 24.1 Å². The van der Waals surface area contributed by atoms with E-state index in [0.29, 0.717) is 24.8 Å². The van der Waals surface area contributed by atoms with Gasteiger partial charge in [-0.3, -0.25) is 0 Å². The highest BCUT2D eigenvalue weighted by molar-refractivity contribution is 14.0. The first-order valence-corrected chi connectivity index (χ1v) is 10.00. The highest BCUT2D eigenvalue weighted by Crippen LogP contribution is 2.35. The van der Waals surface area contributed by atoms with Gasteiger partial charge in [-0.1, -0.05) is 0 Å². The second-order valence-electron chi connectivity index (χ2n) is 7.64. The smallest absolute Gasteiger partial charge is 0.191 e. The molecule has 0 saturated heterocycles. The van der Waals surface area contributed by atoms with E-state index in [1.165, 1.54) is 0 Å². The molecule has 8 heteroatoms. The molecule has 2 unspecified atom stereocenters. The first kappa shape index (κ1) is 24.3. The van der Waals surface area contributed by atoms with Crippen LogP contribution in [0.5, 0.6) is 11.5 Å². The lowest BCUT2D eigenvalue weighted by molar-refractivity contribution is 0.0378. The van der Waals surface area contributed by atoms with Crippen molar-refractivity contribution in [2.24, 2.45) is 4.99 Å². The topological polar surface area (TPSA) is 88.3 Å². The van der Waals surface area contributed by atoms with E-state index in [1.54, 1.807) is 20.1 Å². The highest BCUT2D eigenvalue weighted by Gasteiger charge is 2.27. The van der Waals surface area contributed by atoms with Crippen molar-refractivity contribution in [1.82, 2.24) is 10.6 Å². The van der Waals surface area contributed by atoms with E-state index in [1.807, 2.05) is 32.0 Å². The molecule has 2 heterocycles. The molecule has 1 aliphatic rings. The number of benzene rings is 1. The average Bonchev–Trinajstić information content (AvgIpc) is 3.27. The number of aryl methyl sites for hydroxylation is 1. The Morgan fingerprint density at radius 2 is 2.10 bits per heavy atom. The molecule has 2 atom stereocenters. The second-order valence-corrected chi connectivity index (χ2v) is 7.64. The van der Waals surface area contributed by atoms with Crippen molar-refractivity contribution >= 4 is 29.9 Å². The van der Waals surface area contributed by atoms with Gasteiger partial charge >= 0.3 is 0 Å². The molecule has 7 nitrogen and oxygen atoms in total. The van der Waals surface area contributed by atoms with Crippen molar-refractivity contribution in [3.63, 3.8) is 0 Å². The highest BCUT2D eigenvalue weighted by atomic mass is 127. The number of aliphatic hydroxyl groups is 1. The Bertz CT molecular complexity index is 879. The van der Waals surface area contributed by atoms with Crippen LogP contribution in [0, 0.1) is 6.92 Å². The van der Waals surface area contributed by atoms with Crippen LogP contribution >= 0.6 is 24.0 Å². The maximum absolute atomic E-state index is 10.7. The first-order chi connectivity index (χ1) is 13.8. The van der Waals surface area contributed by atoms with Crippen molar-refractivity contribution in [3.05, 3.63) is 46.9 Å². The Labute approximate surface area is 195 Å². The van der Waals surface area contributed by atoms with Gasteiger partial charge in [-0.25, -0.2) is 4.99 Å². The Hall–Kier alpha value is -1.94. The van der Waals surface area contributed by atoms with Crippen LogP contribution < -0.4 is 20.1 Å². The lowest BCUT2D eigenvalue weighted by Crippen LogP contribution is -2.44. The summed E-state index contributed by atoms with van der Waals surface area (Å²) in [4.78, 5) is 4.66. The van der Waals surface area contributed by atoms with Crippen LogP contribution in [-0.4, -0.2) is 37.4 Å². The SMILES string of the molecule is CCNC(=NCc1cc2c(cc1OC)CC(C)O2)NCC(C)(O)c1ccc(C)o1.I.